The molecule has 3 fully saturated rings. The van der Waals surface area contributed by atoms with Gasteiger partial charge in [-0.05, 0) is 91.9 Å². The van der Waals surface area contributed by atoms with Gasteiger partial charge < -0.3 is 24.8 Å². The van der Waals surface area contributed by atoms with E-state index in [2.05, 4.69) is 21.8 Å². The van der Waals surface area contributed by atoms with Crippen LogP contribution >= 0.6 is 11.5 Å². The van der Waals surface area contributed by atoms with Crippen LogP contribution in [-0.4, -0.2) is 63.9 Å². The van der Waals surface area contributed by atoms with E-state index >= 15 is 0 Å². The minimum Gasteiger partial charge on any atom is -0.484 e. The molecule has 236 valence electrons. The second kappa shape index (κ2) is 13.0. The number of likely N-dealkylation sites (tertiary alicyclic amines) is 1. The number of ether oxygens (including phenoxy) is 2. The molecule has 3 aromatic rings. The van der Waals surface area contributed by atoms with E-state index in [-0.39, 0.29) is 42.3 Å². The minimum atomic E-state index is -1.05. The molecule has 1 aromatic heterocycles. The van der Waals surface area contributed by atoms with E-state index in [1.165, 1.54) is 29.9 Å². The summed E-state index contributed by atoms with van der Waals surface area (Å²) < 4.78 is 15.7. The fraction of sp³-hybridized carbons (Fsp3) is 0.441. The summed E-state index contributed by atoms with van der Waals surface area (Å²) in [7, 11) is 0. The quantitative estimate of drug-likeness (QED) is 0.290. The molecule has 0 spiro atoms. The molecule has 2 amide bonds. The first kappa shape index (κ1) is 30.8. The van der Waals surface area contributed by atoms with E-state index < -0.39 is 24.0 Å². The molecule has 3 heterocycles. The first-order valence-electron chi connectivity index (χ1n) is 15.5. The zero-order valence-corrected chi connectivity index (χ0v) is 26.2. The van der Waals surface area contributed by atoms with Gasteiger partial charge in [-0.3, -0.25) is 14.4 Å². The summed E-state index contributed by atoms with van der Waals surface area (Å²) in [5.74, 6) is -1.45. The molecule has 4 atom stereocenters. The number of piperidine rings is 1. The molecule has 0 unspecified atom stereocenters. The predicted molar refractivity (Wildman–Crippen MR) is 167 cm³/mol. The lowest BCUT2D eigenvalue weighted by molar-refractivity contribution is -0.138. The number of hydrogen-bond donors (Lipinski definition) is 2. The first-order chi connectivity index (χ1) is 21.7. The van der Waals surface area contributed by atoms with Gasteiger partial charge in [-0.15, -0.1) is 0 Å². The van der Waals surface area contributed by atoms with Gasteiger partial charge >= 0.3 is 11.9 Å². The lowest BCUT2D eigenvalue weighted by Gasteiger charge is -2.35. The summed E-state index contributed by atoms with van der Waals surface area (Å²) in [6.07, 6.45) is 4.86. The highest BCUT2D eigenvalue weighted by molar-refractivity contribution is 7.06. The zero-order valence-electron chi connectivity index (χ0n) is 25.4. The average Bonchev–Trinajstić information content (AvgIpc) is 3.66. The summed E-state index contributed by atoms with van der Waals surface area (Å²) in [4.78, 5) is 52.8. The Labute approximate surface area is 265 Å². The van der Waals surface area contributed by atoms with Crippen LogP contribution in [-0.2, 0) is 14.3 Å². The number of carbonyl (C=O) groups excluding carboxylic acids is 3. The molecule has 3 aliphatic rings. The van der Waals surface area contributed by atoms with Gasteiger partial charge in [-0.25, -0.2) is 9.17 Å². The van der Waals surface area contributed by atoms with Crippen LogP contribution in [0.3, 0.4) is 0 Å². The second-order valence-corrected chi connectivity index (χ2v) is 13.3. The molecule has 1 saturated carbocycles. The van der Waals surface area contributed by atoms with E-state index in [0.29, 0.717) is 48.7 Å². The van der Waals surface area contributed by atoms with Crippen LogP contribution in [0.4, 0.5) is 0 Å². The lowest BCUT2D eigenvalue weighted by atomic mass is 9.86. The maximum absolute atomic E-state index is 13.2. The summed E-state index contributed by atoms with van der Waals surface area (Å²) in [6.45, 7) is 4.73. The van der Waals surface area contributed by atoms with Crippen molar-refractivity contribution >= 4 is 35.3 Å². The fourth-order valence-electron chi connectivity index (χ4n) is 6.36. The number of cyclic esters (lactones) is 1. The number of hydrogen-bond acceptors (Lipinski definition) is 8. The molecule has 2 aliphatic heterocycles. The van der Waals surface area contributed by atoms with Crippen LogP contribution in [0.25, 0.3) is 0 Å². The van der Waals surface area contributed by atoms with Gasteiger partial charge in [0.1, 0.15) is 18.5 Å². The molecule has 6 rings (SSSR count). The number of rotatable bonds is 10. The van der Waals surface area contributed by atoms with Gasteiger partial charge in [-0.1, -0.05) is 24.3 Å². The number of carboxylic acids is 1. The molecular weight excluding hydrogens is 594 g/mol. The van der Waals surface area contributed by atoms with Crippen LogP contribution in [0.15, 0.2) is 48.7 Å². The number of benzene rings is 2. The molecule has 45 heavy (non-hydrogen) atoms. The number of carboxylic acid groups (broad SMARTS) is 1. The number of aromatic carboxylic acids is 1. The lowest BCUT2D eigenvalue weighted by Crippen LogP contribution is -2.42. The van der Waals surface area contributed by atoms with Gasteiger partial charge in [0.2, 0.25) is 5.91 Å². The highest BCUT2D eigenvalue weighted by atomic mass is 32.1. The Morgan fingerprint density at radius 2 is 1.87 bits per heavy atom. The maximum Gasteiger partial charge on any atom is 0.335 e. The third-order valence-electron chi connectivity index (χ3n) is 9.02. The molecule has 10 nitrogen and oxygen atoms in total. The molecule has 2 aromatic carbocycles. The number of nitrogens with one attached hydrogen (secondary N) is 1. The summed E-state index contributed by atoms with van der Waals surface area (Å²) in [6, 6.07) is 12.8. The van der Waals surface area contributed by atoms with Crippen molar-refractivity contribution in [2.45, 2.75) is 69.9 Å². The average molecular weight is 632 g/mol. The largest absolute Gasteiger partial charge is 0.484 e. The van der Waals surface area contributed by atoms with E-state index in [1.807, 2.05) is 26.0 Å². The topological polar surface area (TPSA) is 135 Å². The van der Waals surface area contributed by atoms with Crippen molar-refractivity contribution in [2.75, 3.05) is 19.7 Å². The normalized spacial score (nSPS) is 21.1. The third kappa shape index (κ3) is 6.88. The van der Waals surface area contributed by atoms with Crippen molar-refractivity contribution in [1.29, 1.82) is 0 Å². The van der Waals surface area contributed by atoms with E-state index in [1.54, 1.807) is 29.3 Å². The van der Waals surface area contributed by atoms with Crippen LogP contribution in [0.5, 0.6) is 5.75 Å². The Hall–Kier alpha value is -4.25. The highest BCUT2D eigenvalue weighted by Crippen LogP contribution is 2.41. The van der Waals surface area contributed by atoms with Crippen molar-refractivity contribution in [1.82, 2.24) is 14.6 Å². The molecule has 0 bridgehead atoms. The van der Waals surface area contributed by atoms with Crippen LogP contribution in [0.1, 0.15) is 99.3 Å². The number of nitrogens with zero attached hydrogens (tertiary/aromatic N) is 2. The predicted octanol–water partition coefficient (Wildman–Crippen LogP) is 5.23. The number of amides is 2. The Balaban J connectivity index is 1.26. The molecule has 1 aliphatic carbocycles. The standard InChI is InChI=1S/C34H37N3O7S/c1-19(36-32(39)29-16-35-45-20(29)2)31(23-9-7-22(8-10-23)21-5-6-21)44-26-11-12-27(34(41)42)28(15-26)24-4-3-13-37(17-24)33(40)25-14-30(38)43-18-25/h7-12,15-16,19,21,24-25,31H,3-6,13-14,17-18H2,1-2H3,(H,36,39)(H,41,42)/t19-,24+,25+,31-/m0/s1. The minimum absolute atomic E-state index is 0.0734. The molecule has 0 radical (unpaired) electrons. The van der Waals surface area contributed by atoms with Crippen molar-refractivity contribution in [3.05, 3.63) is 81.4 Å². The van der Waals surface area contributed by atoms with Gasteiger partial charge in [0.05, 0.1) is 35.7 Å². The third-order valence-corrected chi connectivity index (χ3v) is 9.72. The Kier molecular flexibility index (Phi) is 8.89. The van der Waals surface area contributed by atoms with Crippen LogP contribution < -0.4 is 10.1 Å². The summed E-state index contributed by atoms with van der Waals surface area (Å²) in [5.41, 5.74) is 3.45. The Morgan fingerprint density at radius 1 is 1.09 bits per heavy atom. The van der Waals surface area contributed by atoms with E-state index in [4.69, 9.17) is 9.47 Å². The molecular formula is C34H37N3O7S. The number of esters is 1. The zero-order chi connectivity index (χ0) is 31.7. The van der Waals surface area contributed by atoms with Crippen molar-refractivity contribution < 1.29 is 33.8 Å². The van der Waals surface area contributed by atoms with Crippen molar-refractivity contribution in [3.63, 3.8) is 0 Å². The Morgan fingerprint density at radius 3 is 2.51 bits per heavy atom. The fourth-order valence-corrected chi connectivity index (χ4v) is 6.92. The molecule has 2 saturated heterocycles. The van der Waals surface area contributed by atoms with Gasteiger partial charge in [-0.2, -0.15) is 0 Å². The molecule has 11 heteroatoms. The number of carbonyl (C=O) groups is 4. The van der Waals surface area contributed by atoms with E-state index in [0.717, 1.165) is 10.4 Å². The van der Waals surface area contributed by atoms with Gasteiger partial charge in [0, 0.05) is 23.9 Å². The SMILES string of the molecule is Cc1sncc1C(=O)N[C@@H](C)[C@H](Oc1ccc(C(=O)O)c([C@@H]2CCCN(C(=O)[C@H]3COC(=O)C3)C2)c1)c1ccc(C2CC2)cc1. The number of aromatic nitrogens is 1. The maximum atomic E-state index is 13.2. The summed E-state index contributed by atoms with van der Waals surface area (Å²) >= 11 is 1.27. The number of aryl methyl sites for hydroxylation is 1. The first-order valence-corrected chi connectivity index (χ1v) is 16.3. The van der Waals surface area contributed by atoms with Crippen molar-refractivity contribution in [3.8, 4) is 5.75 Å². The highest BCUT2D eigenvalue weighted by Gasteiger charge is 2.36. The van der Waals surface area contributed by atoms with E-state index in [9.17, 15) is 24.3 Å². The Bertz CT molecular complexity index is 1600. The van der Waals surface area contributed by atoms with Crippen LogP contribution in [0, 0.1) is 12.8 Å². The monoisotopic (exact) mass is 631 g/mol. The smallest absolute Gasteiger partial charge is 0.335 e. The van der Waals surface area contributed by atoms with Crippen molar-refractivity contribution in [2.24, 2.45) is 5.92 Å². The summed E-state index contributed by atoms with van der Waals surface area (Å²) in [5, 5.41) is 13.2. The van der Waals surface area contributed by atoms with Gasteiger partial charge in [0.15, 0.2) is 0 Å². The molecule has 2 N–H and O–H groups in total. The van der Waals surface area contributed by atoms with Gasteiger partial charge in [0.25, 0.3) is 5.91 Å². The second-order valence-electron chi connectivity index (χ2n) is 12.3. The van der Waals surface area contributed by atoms with Crippen LogP contribution in [0.2, 0.25) is 0 Å².